The number of aliphatic hydroxyl groups is 2. The van der Waals surface area contributed by atoms with Gasteiger partial charge in [-0.05, 0) is 61.6 Å². The van der Waals surface area contributed by atoms with Crippen molar-refractivity contribution in [3.63, 3.8) is 0 Å². The molecule has 0 radical (unpaired) electrons. The van der Waals surface area contributed by atoms with E-state index in [-0.39, 0.29) is 35.1 Å². The smallest absolute Gasteiger partial charge is 0.321 e. The molecule has 58 heavy (non-hydrogen) atoms. The number of hydrogen-bond acceptors (Lipinski definition) is 8. The summed E-state index contributed by atoms with van der Waals surface area (Å²) in [6.45, 7) is 5.67. The molecule has 4 heterocycles. The van der Waals surface area contributed by atoms with Crippen LogP contribution in [-0.4, -0.2) is 97.4 Å². The van der Waals surface area contributed by atoms with Gasteiger partial charge in [0.15, 0.2) is 0 Å². The molecule has 10 nitrogen and oxygen atoms in total. The lowest BCUT2D eigenvalue weighted by Crippen LogP contribution is -2.65. The predicted molar refractivity (Wildman–Crippen MR) is 217 cm³/mol. The first-order valence-electron chi connectivity index (χ1n) is 18.7. The number of likely N-dealkylation sites (tertiary alicyclic amines) is 3. The molecule has 4 bridgehead atoms. The molecule has 308 valence electrons. The summed E-state index contributed by atoms with van der Waals surface area (Å²) in [5.41, 5.74) is 0.280. The maximum Gasteiger partial charge on any atom is 0.321 e. The summed E-state index contributed by atoms with van der Waals surface area (Å²) in [6.07, 6.45) is 1.31. The topological polar surface area (TPSA) is 124 Å². The summed E-state index contributed by atoms with van der Waals surface area (Å²) in [7, 11) is 4.15. The minimum atomic E-state index is -1.03. The summed E-state index contributed by atoms with van der Waals surface area (Å²) in [5.74, 6) is -2.99. The molecule has 4 N–H and O–H groups in total. The van der Waals surface area contributed by atoms with E-state index in [1.54, 1.807) is 4.90 Å². The van der Waals surface area contributed by atoms with E-state index < -0.39 is 40.5 Å². The number of nitriles is 1. The molecule has 8 rings (SSSR count). The number of fused-ring (bicyclic) bond motifs is 4. The Morgan fingerprint density at radius 3 is 1.53 bits per heavy atom. The highest BCUT2D eigenvalue weighted by Gasteiger charge is 2.54. The third-order valence-corrected chi connectivity index (χ3v) is 12.4. The molecular formula is C42H44Br2F4N6O4. The van der Waals surface area contributed by atoms with E-state index >= 15 is 0 Å². The van der Waals surface area contributed by atoms with Crippen LogP contribution in [0.1, 0.15) is 11.1 Å². The minimum Gasteiger partial charge on any atom is -0.388 e. The van der Waals surface area contributed by atoms with Crippen LogP contribution >= 0.6 is 31.9 Å². The molecule has 0 saturated carbocycles. The number of piperidine rings is 4. The maximum absolute atomic E-state index is 13.4. The molecule has 4 aliphatic rings. The van der Waals surface area contributed by atoms with Crippen molar-refractivity contribution in [1.82, 2.24) is 20.0 Å². The summed E-state index contributed by atoms with van der Waals surface area (Å²) in [5, 5.41) is 36.9. The van der Waals surface area contributed by atoms with Gasteiger partial charge in [-0.1, -0.05) is 56.1 Å². The Morgan fingerprint density at radius 2 is 1.10 bits per heavy atom. The van der Waals surface area contributed by atoms with Gasteiger partial charge in [-0.2, -0.15) is 0 Å². The van der Waals surface area contributed by atoms with Gasteiger partial charge < -0.3 is 40.3 Å². The fourth-order valence-corrected chi connectivity index (χ4v) is 9.29. The highest BCUT2D eigenvalue weighted by molar-refractivity contribution is 9.10. The molecule has 4 unspecified atom stereocenters. The number of rotatable bonds is 4. The standard InChI is InChI=1S/C21H22BrF2N3O2.C14H19BrN2O.C7H3F2NO/c1-26-9-14-11-27(20(28)25-19-7-17(23)6-18(24)8-19)12-15(10-26)21(14,29)13-2-4-16(22)5-3-13;1-17-8-11-6-16-7-12(9-17)14(11,18)10-2-4-13(15)5-3-10;8-5-1-6(9)3-7(2-5)11-4-10/h2-8,14-15,29H,9-12H2,1H3,(H,25,28);2-5,11-12,16,18H,6-9H2,1H3;1-3H. The molecule has 4 fully saturated rings. The summed E-state index contributed by atoms with van der Waals surface area (Å²) in [4.78, 5) is 18.9. The van der Waals surface area contributed by atoms with Crippen LogP contribution < -0.4 is 15.4 Å². The summed E-state index contributed by atoms with van der Waals surface area (Å²) < 4.78 is 57.7. The Labute approximate surface area is 351 Å². The number of halogens is 6. The van der Waals surface area contributed by atoms with Crippen LogP contribution in [0.5, 0.6) is 5.75 Å². The van der Waals surface area contributed by atoms with E-state index in [9.17, 15) is 32.6 Å². The van der Waals surface area contributed by atoms with Crippen LogP contribution in [0, 0.1) is 58.5 Å². The van der Waals surface area contributed by atoms with Gasteiger partial charge in [-0.25, -0.2) is 22.4 Å². The molecule has 4 aromatic carbocycles. The zero-order valence-corrected chi connectivity index (χ0v) is 35.0. The van der Waals surface area contributed by atoms with Crippen molar-refractivity contribution in [1.29, 1.82) is 5.26 Å². The molecule has 0 spiro atoms. The number of benzene rings is 4. The number of urea groups is 1. The second-order valence-electron chi connectivity index (χ2n) is 15.3. The van der Waals surface area contributed by atoms with E-state index in [2.05, 4.69) is 76.2 Å². The van der Waals surface area contributed by atoms with Crippen LogP contribution in [0.15, 0.2) is 93.9 Å². The average molecular weight is 933 g/mol. The van der Waals surface area contributed by atoms with E-state index in [1.807, 2.05) is 43.4 Å². The number of nitrogens with zero attached hydrogens (tertiary/aromatic N) is 4. The van der Waals surface area contributed by atoms with Gasteiger partial charge in [0.1, 0.15) is 40.2 Å². The average Bonchev–Trinajstić information content (AvgIpc) is 3.13. The van der Waals surface area contributed by atoms with Crippen molar-refractivity contribution in [3.05, 3.63) is 128 Å². The van der Waals surface area contributed by atoms with Crippen LogP contribution in [0.4, 0.5) is 28.0 Å². The predicted octanol–water partition coefficient (Wildman–Crippen LogP) is 6.88. The summed E-state index contributed by atoms with van der Waals surface area (Å²) in [6, 6.07) is 20.8. The minimum absolute atomic E-state index is 0.0727. The number of nitrogens with one attached hydrogen (secondary N) is 2. The van der Waals surface area contributed by atoms with E-state index in [1.165, 1.54) is 6.26 Å². The second kappa shape index (κ2) is 18.5. The molecule has 4 aromatic rings. The molecule has 4 atom stereocenters. The lowest BCUT2D eigenvalue weighted by Gasteiger charge is -2.55. The van der Waals surface area contributed by atoms with Crippen molar-refractivity contribution in [2.24, 2.45) is 23.7 Å². The first kappa shape index (κ1) is 43.5. The number of hydrogen-bond donors (Lipinski definition) is 4. The first-order valence-corrected chi connectivity index (χ1v) is 20.3. The van der Waals surface area contributed by atoms with Gasteiger partial charge in [-0.15, -0.1) is 5.26 Å². The van der Waals surface area contributed by atoms with Gasteiger partial charge in [-0.3, -0.25) is 0 Å². The third-order valence-electron chi connectivity index (χ3n) is 11.3. The van der Waals surface area contributed by atoms with Crippen molar-refractivity contribution >= 4 is 43.6 Å². The van der Waals surface area contributed by atoms with Crippen LogP contribution in [-0.2, 0) is 11.2 Å². The molecule has 2 amide bonds. The van der Waals surface area contributed by atoms with Gasteiger partial charge in [0.05, 0.1) is 0 Å². The van der Waals surface area contributed by atoms with E-state index in [4.69, 9.17) is 5.26 Å². The Bertz CT molecular complexity index is 2040. The monoisotopic (exact) mass is 930 g/mol. The van der Waals surface area contributed by atoms with E-state index in [0.717, 1.165) is 76.6 Å². The van der Waals surface area contributed by atoms with Crippen molar-refractivity contribution < 1.29 is 37.3 Å². The quantitative estimate of drug-likeness (QED) is 0.129. The second-order valence-corrected chi connectivity index (χ2v) is 17.2. The Hall–Kier alpha value is -4.08. The molecule has 4 saturated heterocycles. The van der Waals surface area contributed by atoms with Crippen LogP contribution in [0.25, 0.3) is 0 Å². The van der Waals surface area contributed by atoms with Gasteiger partial charge in [0.25, 0.3) is 6.26 Å². The highest BCUT2D eigenvalue weighted by Crippen LogP contribution is 2.46. The number of amides is 2. The zero-order valence-electron chi connectivity index (χ0n) is 31.8. The molecule has 16 heteroatoms. The van der Waals surface area contributed by atoms with Crippen LogP contribution in [0.2, 0.25) is 0 Å². The lowest BCUT2D eigenvalue weighted by molar-refractivity contribution is -0.153. The SMILES string of the molecule is CN1CC2CN(C(=O)Nc3cc(F)cc(F)c3)CC(C1)C2(O)c1ccc(Br)cc1.CN1CC2CNCC(C1)C2(O)c1ccc(Br)cc1.N#COc1cc(F)cc(F)c1. The van der Waals surface area contributed by atoms with Crippen LogP contribution in [0.3, 0.4) is 0 Å². The van der Waals surface area contributed by atoms with Gasteiger partial charge >= 0.3 is 6.03 Å². The highest BCUT2D eigenvalue weighted by atomic mass is 79.9. The molecule has 0 aromatic heterocycles. The van der Waals surface area contributed by atoms with Gasteiger partial charge in [0.2, 0.25) is 0 Å². The van der Waals surface area contributed by atoms with E-state index in [0.29, 0.717) is 32.2 Å². The zero-order chi connectivity index (χ0) is 41.8. The lowest BCUT2D eigenvalue weighted by atomic mass is 9.66. The normalized spacial score (nSPS) is 26.5. The number of carbonyl (C=O) groups excluding carboxylic acids is 1. The number of carbonyl (C=O) groups is 1. The number of anilines is 1. The van der Waals surface area contributed by atoms with Crippen molar-refractivity contribution in [3.8, 4) is 12.0 Å². The summed E-state index contributed by atoms with van der Waals surface area (Å²) >= 11 is 6.88. The van der Waals surface area contributed by atoms with Gasteiger partial charge in [0, 0.05) is 115 Å². The Morgan fingerprint density at radius 1 is 0.707 bits per heavy atom. The Balaban J connectivity index is 0.000000165. The first-order chi connectivity index (χ1) is 27.6. The van der Waals surface area contributed by atoms with Crippen molar-refractivity contribution in [2.75, 3.05) is 71.8 Å². The molecular weight excluding hydrogens is 888 g/mol. The Kier molecular flexibility index (Phi) is 13.8. The molecule has 4 aliphatic heterocycles. The fraction of sp³-hybridized carbons (Fsp3) is 0.381. The number of ether oxygens (including phenoxy) is 1. The maximum atomic E-state index is 13.4. The molecule has 0 aliphatic carbocycles. The largest absolute Gasteiger partial charge is 0.388 e. The fourth-order valence-electron chi connectivity index (χ4n) is 8.76. The van der Waals surface area contributed by atoms with Crippen molar-refractivity contribution in [2.45, 2.75) is 11.2 Å². The third kappa shape index (κ3) is 9.85.